The number of likely N-dealkylation sites (N-methyl/N-ethyl adjacent to an activating group) is 1. The monoisotopic (exact) mass is 354 g/mol. The first-order valence-corrected chi connectivity index (χ1v) is 7.79. The molecule has 122 valence electrons. The van der Waals surface area contributed by atoms with Crippen LogP contribution in [0.15, 0.2) is 42.5 Å². The molecule has 2 aromatic carbocycles. The van der Waals surface area contributed by atoms with Crippen LogP contribution in [0.2, 0.25) is 10.0 Å². The van der Waals surface area contributed by atoms with Gasteiger partial charge in [-0.25, -0.2) is 4.39 Å². The zero-order valence-corrected chi connectivity index (χ0v) is 14.3. The Hall–Kier alpha value is -1.62. The van der Waals surface area contributed by atoms with Gasteiger partial charge in [-0.2, -0.15) is 0 Å². The van der Waals surface area contributed by atoms with Gasteiger partial charge in [0.2, 0.25) is 0 Å². The second kappa shape index (κ2) is 7.77. The zero-order chi connectivity index (χ0) is 17.0. The van der Waals surface area contributed by atoms with Crippen LogP contribution in [-0.2, 0) is 0 Å². The van der Waals surface area contributed by atoms with Crippen LogP contribution in [0.5, 0.6) is 0 Å². The number of rotatable bonds is 5. The largest absolute Gasteiger partial charge is 0.350 e. The van der Waals surface area contributed by atoms with E-state index in [0.29, 0.717) is 22.2 Å². The minimum absolute atomic E-state index is 0.160. The van der Waals surface area contributed by atoms with Gasteiger partial charge in [0.05, 0.1) is 16.6 Å². The molecule has 3 nitrogen and oxygen atoms in total. The fourth-order valence-corrected chi connectivity index (χ4v) is 2.64. The molecule has 2 aromatic rings. The lowest BCUT2D eigenvalue weighted by Gasteiger charge is -2.25. The summed E-state index contributed by atoms with van der Waals surface area (Å²) in [6.07, 6.45) is 0. The molecule has 0 fully saturated rings. The molecule has 6 heteroatoms. The summed E-state index contributed by atoms with van der Waals surface area (Å²) < 4.78 is 13.4. The third kappa shape index (κ3) is 4.67. The number of hydrogen-bond acceptors (Lipinski definition) is 2. The molecule has 2 rings (SSSR count). The molecule has 0 radical (unpaired) electrons. The average Bonchev–Trinajstić information content (AvgIpc) is 2.49. The first-order chi connectivity index (χ1) is 10.9. The van der Waals surface area contributed by atoms with Crippen molar-refractivity contribution in [2.24, 2.45) is 0 Å². The Bertz CT molecular complexity index is 707. The molecule has 0 aliphatic rings. The molecule has 0 heterocycles. The summed E-state index contributed by atoms with van der Waals surface area (Å²) in [5.74, 6) is -0.626. The highest BCUT2D eigenvalue weighted by Crippen LogP contribution is 2.22. The highest BCUT2D eigenvalue weighted by atomic mass is 35.5. The molecular weight excluding hydrogens is 338 g/mol. The lowest BCUT2D eigenvalue weighted by Crippen LogP contribution is -2.34. The Kier molecular flexibility index (Phi) is 5.99. The molecule has 0 bridgehead atoms. The molecule has 23 heavy (non-hydrogen) atoms. The predicted molar refractivity (Wildman–Crippen MR) is 91.6 cm³/mol. The fourth-order valence-electron chi connectivity index (χ4n) is 2.27. The Balaban J connectivity index is 2.13. The topological polar surface area (TPSA) is 32.3 Å². The zero-order valence-electron chi connectivity index (χ0n) is 12.8. The molecule has 0 aromatic heterocycles. The first kappa shape index (κ1) is 17.7. The number of carbonyl (C=O) groups excluding carboxylic acids is 1. The highest BCUT2D eigenvalue weighted by molar-refractivity contribution is 6.35. The normalized spacial score (nSPS) is 12.3. The van der Waals surface area contributed by atoms with E-state index in [9.17, 15) is 9.18 Å². The second-order valence-electron chi connectivity index (χ2n) is 5.37. The van der Waals surface area contributed by atoms with Gasteiger partial charge in [-0.15, -0.1) is 0 Å². The number of carbonyl (C=O) groups is 1. The molecule has 1 amide bonds. The SMILES string of the molecule is CN(C)[C@@H](CNC(=O)c1cc(Cl)ccc1Cl)c1cccc(F)c1. The van der Waals surface area contributed by atoms with Crippen LogP contribution in [0.25, 0.3) is 0 Å². The van der Waals surface area contributed by atoms with Gasteiger partial charge in [0.25, 0.3) is 5.91 Å². The Morgan fingerprint density at radius 2 is 1.96 bits per heavy atom. The van der Waals surface area contributed by atoms with Crippen LogP contribution in [0.3, 0.4) is 0 Å². The van der Waals surface area contributed by atoms with E-state index in [2.05, 4.69) is 5.32 Å². The van der Waals surface area contributed by atoms with Crippen LogP contribution >= 0.6 is 23.2 Å². The summed E-state index contributed by atoms with van der Waals surface area (Å²) in [6, 6.07) is 10.9. The van der Waals surface area contributed by atoms with Crippen molar-refractivity contribution in [2.75, 3.05) is 20.6 Å². The summed E-state index contributed by atoms with van der Waals surface area (Å²) >= 11 is 11.9. The smallest absolute Gasteiger partial charge is 0.252 e. The average molecular weight is 355 g/mol. The molecule has 0 unspecified atom stereocenters. The van der Waals surface area contributed by atoms with Crippen molar-refractivity contribution in [2.45, 2.75) is 6.04 Å². The van der Waals surface area contributed by atoms with E-state index in [1.165, 1.54) is 18.2 Å². The fraction of sp³-hybridized carbons (Fsp3) is 0.235. The maximum Gasteiger partial charge on any atom is 0.252 e. The van der Waals surface area contributed by atoms with Crippen molar-refractivity contribution in [3.05, 3.63) is 69.5 Å². The van der Waals surface area contributed by atoms with E-state index in [1.807, 2.05) is 25.1 Å². The molecule has 0 saturated carbocycles. The number of halogens is 3. The molecule has 0 aliphatic carbocycles. The van der Waals surface area contributed by atoms with Crippen LogP contribution in [-0.4, -0.2) is 31.4 Å². The number of nitrogens with one attached hydrogen (secondary N) is 1. The molecule has 0 aliphatic heterocycles. The summed E-state index contributed by atoms with van der Waals surface area (Å²) in [7, 11) is 3.74. The van der Waals surface area contributed by atoms with Gasteiger partial charge >= 0.3 is 0 Å². The summed E-state index contributed by atoms with van der Waals surface area (Å²) in [5, 5.41) is 3.59. The minimum atomic E-state index is -0.319. The van der Waals surface area contributed by atoms with E-state index >= 15 is 0 Å². The van der Waals surface area contributed by atoms with Crippen LogP contribution < -0.4 is 5.32 Å². The van der Waals surface area contributed by atoms with Gasteiger partial charge < -0.3 is 10.2 Å². The van der Waals surface area contributed by atoms with Crippen LogP contribution in [0, 0.1) is 5.82 Å². The van der Waals surface area contributed by atoms with Gasteiger partial charge in [-0.1, -0.05) is 35.3 Å². The summed E-state index contributed by atoms with van der Waals surface area (Å²) in [5.41, 5.74) is 1.10. The molecule has 1 N–H and O–H groups in total. The predicted octanol–water partition coefficient (Wildman–Crippen LogP) is 4.17. The number of amides is 1. The Morgan fingerprint density at radius 3 is 2.61 bits per heavy atom. The van der Waals surface area contributed by atoms with Crippen molar-refractivity contribution in [1.29, 1.82) is 0 Å². The maximum absolute atomic E-state index is 13.4. The highest BCUT2D eigenvalue weighted by Gasteiger charge is 2.17. The lowest BCUT2D eigenvalue weighted by atomic mass is 10.1. The van der Waals surface area contributed by atoms with E-state index in [4.69, 9.17) is 23.2 Å². The Morgan fingerprint density at radius 1 is 1.22 bits per heavy atom. The summed E-state index contributed by atoms with van der Waals surface area (Å²) in [6.45, 7) is 0.318. The van der Waals surface area contributed by atoms with Gasteiger partial charge in [0, 0.05) is 11.6 Å². The van der Waals surface area contributed by atoms with Gasteiger partial charge in [-0.3, -0.25) is 4.79 Å². The first-order valence-electron chi connectivity index (χ1n) is 7.03. The molecule has 1 atom stereocenters. The molecule has 0 saturated heterocycles. The maximum atomic E-state index is 13.4. The molecule has 0 spiro atoms. The van der Waals surface area contributed by atoms with Crippen molar-refractivity contribution >= 4 is 29.1 Å². The van der Waals surface area contributed by atoms with Crippen molar-refractivity contribution in [3.8, 4) is 0 Å². The van der Waals surface area contributed by atoms with Crippen molar-refractivity contribution < 1.29 is 9.18 Å². The second-order valence-corrected chi connectivity index (χ2v) is 6.21. The van der Waals surface area contributed by atoms with Crippen LogP contribution in [0.1, 0.15) is 22.0 Å². The number of benzene rings is 2. The van der Waals surface area contributed by atoms with E-state index < -0.39 is 0 Å². The van der Waals surface area contributed by atoms with E-state index in [0.717, 1.165) is 5.56 Å². The number of hydrogen-bond donors (Lipinski definition) is 1. The third-order valence-corrected chi connectivity index (χ3v) is 4.05. The van der Waals surface area contributed by atoms with Gasteiger partial charge in [-0.05, 0) is 50.0 Å². The van der Waals surface area contributed by atoms with E-state index in [-0.39, 0.29) is 17.8 Å². The third-order valence-electron chi connectivity index (χ3n) is 3.49. The minimum Gasteiger partial charge on any atom is -0.350 e. The molecular formula is C17H17Cl2FN2O. The van der Waals surface area contributed by atoms with Crippen LogP contribution in [0.4, 0.5) is 4.39 Å². The number of nitrogens with zero attached hydrogens (tertiary/aromatic N) is 1. The summed E-state index contributed by atoms with van der Waals surface area (Å²) in [4.78, 5) is 14.2. The van der Waals surface area contributed by atoms with E-state index in [1.54, 1.807) is 18.2 Å². The standard InChI is InChI=1S/C17H17Cl2FN2O/c1-22(2)16(11-4-3-5-13(20)8-11)10-21-17(23)14-9-12(18)6-7-15(14)19/h3-9,16H,10H2,1-2H3,(H,21,23)/t16-/m0/s1. The lowest BCUT2D eigenvalue weighted by molar-refractivity contribution is 0.0942. The van der Waals surface area contributed by atoms with Crippen molar-refractivity contribution in [1.82, 2.24) is 10.2 Å². The quantitative estimate of drug-likeness (QED) is 0.873. The van der Waals surface area contributed by atoms with Gasteiger partial charge in [0.15, 0.2) is 0 Å². The van der Waals surface area contributed by atoms with Crippen molar-refractivity contribution in [3.63, 3.8) is 0 Å². The Labute approximate surface area is 145 Å². The van der Waals surface area contributed by atoms with Gasteiger partial charge in [0.1, 0.15) is 5.82 Å².